The zero-order valence-electron chi connectivity index (χ0n) is 15.9. The lowest BCUT2D eigenvalue weighted by Crippen LogP contribution is -2.22. The molecule has 0 saturated carbocycles. The van der Waals surface area contributed by atoms with Crippen LogP contribution in [0.1, 0.15) is 47.8 Å². The normalized spacial score (nSPS) is 10.5. The predicted octanol–water partition coefficient (Wildman–Crippen LogP) is 3.11. The molecule has 0 aliphatic rings. The molecule has 0 aromatic heterocycles. The van der Waals surface area contributed by atoms with Gasteiger partial charge in [-0.2, -0.15) is 0 Å². The van der Waals surface area contributed by atoms with Crippen LogP contribution in [-0.2, 0) is 4.74 Å². The molecular weight excluding hydrogens is 366 g/mol. The van der Waals surface area contributed by atoms with E-state index in [0.29, 0.717) is 0 Å². The van der Waals surface area contributed by atoms with E-state index < -0.39 is 29.0 Å². The van der Waals surface area contributed by atoms with E-state index in [-0.39, 0.29) is 28.2 Å². The Bertz CT molecular complexity index is 891. The molecular formula is C20H21NO7. The van der Waals surface area contributed by atoms with Crippen LogP contribution in [0.15, 0.2) is 41.4 Å². The lowest BCUT2D eigenvalue weighted by atomic mass is 9.87. The molecule has 0 aliphatic heterocycles. The summed E-state index contributed by atoms with van der Waals surface area (Å²) in [6.07, 6.45) is 0. The number of hydrogen-bond donors (Lipinski definition) is 3. The monoisotopic (exact) mass is 387 g/mol. The van der Waals surface area contributed by atoms with E-state index in [4.69, 9.17) is 4.74 Å². The molecule has 0 amide bonds. The van der Waals surface area contributed by atoms with Crippen LogP contribution in [0.25, 0.3) is 0 Å². The summed E-state index contributed by atoms with van der Waals surface area (Å²) >= 11 is 0. The van der Waals surface area contributed by atoms with Gasteiger partial charge in [0.25, 0.3) is 0 Å². The Morgan fingerprint density at radius 1 is 0.714 bits per heavy atom. The summed E-state index contributed by atoms with van der Waals surface area (Å²) in [6.45, 7) is 2.56. The Hall–Kier alpha value is -3.68. The maximum Gasteiger partial charge on any atom is 0.336 e. The Morgan fingerprint density at radius 3 is 1.25 bits per heavy atom. The fourth-order valence-electron chi connectivity index (χ4n) is 2.76. The second-order valence-electron chi connectivity index (χ2n) is 5.55. The first-order chi connectivity index (χ1) is 13.2. The van der Waals surface area contributed by atoms with E-state index >= 15 is 0 Å². The summed E-state index contributed by atoms with van der Waals surface area (Å²) < 4.78 is 4.99. The highest BCUT2D eigenvalue weighted by Crippen LogP contribution is 2.29. The van der Waals surface area contributed by atoms with Gasteiger partial charge in [0.15, 0.2) is 0 Å². The third-order valence-electron chi connectivity index (χ3n) is 3.92. The van der Waals surface area contributed by atoms with Crippen LogP contribution in [-0.4, -0.2) is 53.3 Å². The van der Waals surface area contributed by atoms with Gasteiger partial charge in [0.2, 0.25) is 5.90 Å². The molecule has 0 spiro atoms. The summed E-state index contributed by atoms with van der Waals surface area (Å²) in [7, 11) is 2.61. The van der Waals surface area contributed by atoms with Gasteiger partial charge in [0.05, 0.1) is 29.4 Å². The zero-order valence-corrected chi connectivity index (χ0v) is 15.9. The predicted molar refractivity (Wildman–Crippen MR) is 103 cm³/mol. The molecule has 2 rings (SSSR count). The topological polar surface area (TPSA) is 133 Å². The average Bonchev–Trinajstić information content (AvgIpc) is 2.65. The number of benzene rings is 2. The minimum Gasteiger partial charge on any atom is -0.481 e. The third-order valence-corrected chi connectivity index (χ3v) is 3.92. The molecule has 0 fully saturated rings. The van der Waals surface area contributed by atoms with Crippen molar-refractivity contribution < 1.29 is 34.4 Å². The maximum absolute atomic E-state index is 11.5. The second-order valence-corrected chi connectivity index (χ2v) is 5.55. The van der Waals surface area contributed by atoms with Crippen molar-refractivity contribution >= 4 is 23.8 Å². The number of ether oxygens (including phenoxy) is 1. The van der Waals surface area contributed by atoms with Crippen LogP contribution in [0.5, 0.6) is 0 Å². The van der Waals surface area contributed by atoms with E-state index in [9.17, 15) is 29.7 Å². The molecule has 0 aliphatic carbocycles. The summed E-state index contributed by atoms with van der Waals surface area (Å²) in [5.41, 5.74) is -1.63. The van der Waals surface area contributed by atoms with Gasteiger partial charge in [-0.3, -0.25) is 4.99 Å². The van der Waals surface area contributed by atoms with Gasteiger partial charge in [-0.05, 0) is 25.0 Å². The van der Waals surface area contributed by atoms with Crippen LogP contribution >= 0.6 is 0 Å². The zero-order chi connectivity index (χ0) is 21.4. The fourth-order valence-corrected chi connectivity index (χ4v) is 2.76. The molecule has 8 heteroatoms. The average molecular weight is 387 g/mol. The number of carbonyl (C=O) groups is 3. The first kappa shape index (κ1) is 22.4. The van der Waals surface area contributed by atoms with Gasteiger partial charge in [-0.25, -0.2) is 14.4 Å². The van der Waals surface area contributed by atoms with Crippen molar-refractivity contribution in [3.05, 3.63) is 69.8 Å². The largest absolute Gasteiger partial charge is 0.481 e. The van der Waals surface area contributed by atoms with Gasteiger partial charge >= 0.3 is 17.9 Å². The highest BCUT2D eigenvalue weighted by molar-refractivity contribution is 6.13. The highest BCUT2D eigenvalue weighted by Gasteiger charge is 2.31. The van der Waals surface area contributed by atoms with Gasteiger partial charge in [-0.1, -0.05) is 36.4 Å². The summed E-state index contributed by atoms with van der Waals surface area (Å²) in [6, 6.07) is 12.0. The Labute approximate surface area is 161 Å². The Kier molecular flexibility index (Phi) is 7.88. The SMILES string of the molecule is CN=C(OC)c1c(C)c(C(=O)O)c(C(=O)O)c(C)c1C(=O)O.c1ccccc1. The second kappa shape index (κ2) is 9.86. The van der Waals surface area contributed by atoms with Crippen LogP contribution in [0.2, 0.25) is 0 Å². The van der Waals surface area contributed by atoms with Crippen molar-refractivity contribution in [3.63, 3.8) is 0 Å². The molecule has 0 bridgehead atoms. The third kappa shape index (κ3) is 4.73. The fraction of sp³-hybridized carbons (Fsp3) is 0.200. The van der Waals surface area contributed by atoms with Crippen LogP contribution in [0.3, 0.4) is 0 Å². The lowest BCUT2D eigenvalue weighted by Gasteiger charge is -2.18. The number of methoxy groups -OCH3 is 1. The standard InChI is InChI=1S/C14H15NO7.C6H6/c1-5-7(11(15-3)22-4)8(12(16)17)6(2)10(14(20)21)9(5)13(18)19;1-2-4-6-5-3-1/h1-4H3,(H,16,17)(H,18,19)(H,20,21);1-6H. The first-order valence-electron chi connectivity index (χ1n) is 8.07. The number of nitrogens with zero attached hydrogens (tertiary/aromatic N) is 1. The van der Waals surface area contributed by atoms with Gasteiger partial charge < -0.3 is 20.1 Å². The summed E-state index contributed by atoms with van der Waals surface area (Å²) in [4.78, 5) is 38.1. The van der Waals surface area contributed by atoms with Gasteiger partial charge in [-0.15, -0.1) is 0 Å². The van der Waals surface area contributed by atoms with Crippen molar-refractivity contribution in [2.24, 2.45) is 4.99 Å². The van der Waals surface area contributed by atoms with E-state index in [0.717, 1.165) is 0 Å². The number of carboxylic acid groups (broad SMARTS) is 3. The molecule has 0 heterocycles. The van der Waals surface area contributed by atoms with Crippen molar-refractivity contribution in [3.8, 4) is 0 Å². The number of aliphatic imine (C=N–C) groups is 1. The quantitative estimate of drug-likeness (QED) is 0.542. The number of hydrogen-bond acceptors (Lipinski definition) is 5. The molecule has 0 radical (unpaired) electrons. The Morgan fingerprint density at radius 2 is 1.00 bits per heavy atom. The van der Waals surface area contributed by atoms with Crippen molar-refractivity contribution in [1.29, 1.82) is 0 Å². The molecule has 0 atom stereocenters. The van der Waals surface area contributed by atoms with E-state index in [1.165, 1.54) is 28.0 Å². The molecule has 28 heavy (non-hydrogen) atoms. The van der Waals surface area contributed by atoms with Crippen molar-refractivity contribution in [2.45, 2.75) is 13.8 Å². The number of rotatable bonds is 4. The van der Waals surface area contributed by atoms with Crippen LogP contribution < -0.4 is 0 Å². The molecule has 148 valence electrons. The number of carboxylic acids is 3. The molecule has 2 aromatic rings. The smallest absolute Gasteiger partial charge is 0.336 e. The summed E-state index contributed by atoms with van der Waals surface area (Å²) in [5.74, 6) is -4.46. The number of aromatic carboxylic acids is 3. The minimum absolute atomic E-state index is 0.0321. The molecule has 8 nitrogen and oxygen atoms in total. The van der Waals surface area contributed by atoms with E-state index in [1.54, 1.807) is 0 Å². The van der Waals surface area contributed by atoms with Gasteiger partial charge in [0, 0.05) is 7.05 Å². The highest BCUT2D eigenvalue weighted by atomic mass is 16.5. The lowest BCUT2D eigenvalue weighted by molar-refractivity contribution is 0.0647. The van der Waals surface area contributed by atoms with Crippen LogP contribution in [0.4, 0.5) is 0 Å². The molecule has 3 N–H and O–H groups in total. The van der Waals surface area contributed by atoms with Crippen molar-refractivity contribution in [2.75, 3.05) is 14.2 Å². The molecule has 0 saturated heterocycles. The maximum atomic E-state index is 11.5. The van der Waals surface area contributed by atoms with Crippen molar-refractivity contribution in [1.82, 2.24) is 0 Å². The van der Waals surface area contributed by atoms with Gasteiger partial charge in [0.1, 0.15) is 0 Å². The molecule has 0 unspecified atom stereocenters. The first-order valence-corrected chi connectivity index (χ1v) is 8.07. The van der Waals surface area contributed by atoms with Crippen LogP contribution in [0, 0.1) is 13.8 Å². The van der Waals surface area contributed by atoms with E-state index in [1.807, 2.05) is 36.4 Å². The summed E-state index contributed by atoms with van der Waals surface area (Å²) in [5, 5.41) is 28.0. The molecule has 2 aromatic carbocycles. The minimum atomic E-state index is -1.51. The Balaban J connectivity index is 0.000000552. The van der Waals surface area contributed by atoms with E-state index in [2.05, 4.69) is 4.99 Å².